The van der Waals surface area contributed by atoms with Crippen LogP contribution in [0.1, 0.15) is 38.2 Å². The van der Waals surface area contributed by atoms with E-state index in [0.29, 0.717) is 17.5 Å². The Bertz CT molecular complexity index is 401. The predicted molar refractivity (Wildman–Crippen MR) is 74.7 cm³/mol. The van der Waals surface area contributed by atoms with E-state index in [1.54, 1.807) is 0 Å². The van der Waals surface area contributed by atoms with Crippen molar-refractivity contribution in [2.75, 3.05) is 0 Å². The molecule has 0 radical (unpaired) electrons. The molecule has 1 fully saturated rings. The van der Waals surface area contributed by atoms with Crippen molar-refractivity contribution in [3.63, 3.8) is 0 Å². The van der Waals surface area contributed by atoms with Crippen molar-refractivity contribution < 1.29 is 4.79 Å². The Morgan fingerprint density at radius 2 is 2.06 bits per heavy atom. The first-order valence-electron chi connectivity index (χ1n) is 6.67. The summed E-state index contributed by atoms with van der Waals surface area (Å²) in [6.07, 6.45) is 5.21. The van der Waals surface area contributed by atoms with Crippen molar-refractivity contribution in [2.24, 2.45) is 5.92 Å². The summed E-state index contributed by atoms with van der Waals surface area (Å²) < 4.78 is 0. The number of nitrogens with one attached hydrogen (secondary N) is 1. The largest absolute Gasteiger partial charge is 0.353 e. The highest BCUT2D eigenvalue weighted by Gasteiger charge is 2.20. The first kappa shape index (κ1) is 13.4. The number of carbonyl (C=O) groups is 1. The monoisotopic (exact) mass is 265 g/mol. The van der Waals surface area contributed by atoms with Crippen LogP contribution in [0.5, 0.6) is 0 Å². The minimum atomic E-state index is 0.122. The van der Waals surface area contributed by atoms with Gasteiger partial charge in [-0.2, -0.15) is 0 Å². The van der Waals surface area contributed by atoms with E-state index in [2.05, 4.69) is 12.2 Å². The van der Waals surface area contributed by atoms with Gasteiger partial charge in [-0.05, 0) is 36.5 Å². The molecule has 1 aliphatic rings. The summed E-state index contributed by atoms with van der Waals surface area (Å²) in [5, 5.41) is 3.85. The van der Waals surface area contributed by atoms with Crippen LogP contribution >= 0.6 is 11.6 Å². The lowest BCUT2D eigenvalue weighted by Crippen LogP contribution is -2.38. The van der Waals surface area contributed by atoms with E-state index < -0.39 is 0 Å². The number of benzene rings is 1. The molecule has 0 spiro atoms. The van der Waals surface area contributed by atoms with Gasteiger partial charge in [0.2, 0.25) is 5.91 Å². The molecule has 2 atom stereocenters. The summed E-state index contributed by atoms with van der Waals surface area (Å²) in [5.74, 6) is 0.857. The van der Waals surface area contributed by atoms with Gasteiger partial charge in [-0.15, -0.1) is 0 Å². The Morgan fingerprint density at radius 3 is 2.72 bits per heavy atom. The van der Waals surface area contributed by atoms with Gasteiger partial charge in [0, 0.05) is 11.1 Å². The number of halogens is 1. The Balaban J connectivity index is 1.83. The molecule has 1 N–H and O–H groups in total. The standard InChI is InChI=1S/C15H20ClNO/c1-11-3-2-4-14(9-11)17-15(18)10-12-5-7-13(16)8-6-12/h5-8,11,14H,2-4,9-10H2,1H3,(H,17,18). The average molecular weight is 266 g/mol. The number of rotatable bonds is 3. The van der Waals surface area contributed by atoms with Crippen molar-refractivity contribution in [3.05, 3.63) is 34.9 Å². The van der Waals surface area contributed by atoms with Gasteiger partial charge >= 0.3 is 0 Å². The highest BCUT2D eigenvalue weighted by atomic mass is 35.5. The van der Waals surface area contributed by atoms with Crippen molar-refractivity contribution in [1.29, 1.82) is 0 Å². The zero-order valence-electron chi connectivity index (χ0n) is 10.8. The van der Waals surface area contributed by atoms with Crippen molar-refractivity contribution in [1.82, 2.24) is 5.32 Å². The van der Waals surface area contributed by atoms with Crippen LogP contribution in [-0.2, 0) is 11.2 Å². The molecular formula is C15H20ClNO. The van der Waals surface area contributed by atoms with Gasteiger partial charge in [-0.25, -0.2) is 0 Å². The van der Waals surface area contributed by atoms with E-state index in [4.69, 9.17) is 11.6 Å². The van der Waals surface area contributed by atoms with Gasteiger partial charge in [-0.1, -0.05) is 43.5 Å². The van der Waals surface area contributed by atoms with Gasteiger partial charge in [-0.3, -0.25) is 4.79 Å². The van der Waals surface area contributed by atoms with Crippen molar-refractivity contribution in [3.8, 4) is 0 Å². The van der Waals surface area contributed by atoms with E-state index in [1.807, 2.05) is 24.3 Å². The highest BCUT2D eigenvalue weighted by Crippen LogP contribution is 2.23. The highest BCUT2D eigenvalue weighted by molar-refractivity contribution is 6.30. The van der Waals surface area contributed by atoms with Crippen molar-refractivity contribution >= 4 is 17.5 Å². The van der Waals surface area contributed by atoms with Crippen LogP contribution in [0.3, 0.4) is 0 Å². The van der Waals surface area contributed by atoms with Crippen LogP contribution < -0.4 is 5.32 Å². The lowest BCUT2D eigenvalue weighted by Gasteiger charge is -2.27. The van der Waals surface area contributed by atoms with Gasteiger partial charge in [0.05, 0.1) is 6.42 Å². The summed E-state index contributed by atoms with van der Waals surface area (Å²) >= 11 is 5.82. The van der Waals surface area contributed by atoms with E-state index >= 15 is 0 Å². The molecule has 1 saturated carbocycles. The van der Waals surface area contributed by atoms with Crippen LogP contribution in [-0.4, -0.2) is 11.9 Å². The SMILES string of the molecule is CC1CCCC(NC(=O)Cc2ccc(Cl)cc2)C1. The minimum absolute atomic E-state index is 0.122. The molecule has 0 heterocycles. The molecule has 1 aromatic carbocycles. The van der Waals surface area contributed by atoms with Crippen LogP contribution in [0, 0.1) is 5.92 Å². The summed E-state index contributed by atoms with van der Waals surface area (Å²) in [6, 6.07) is 7.84. The van der Waals surface area contributed by atoms with Gasteiger partial charge in [0.1, 0.15) is 0 Å². The fourth-order valence-corrected chi connectivity index (χ4v) is 2.76. The lowest BCUT2D eigenvalue weighted by molar-refractivity contribution is -0.121. The Labute approximate surface area is 114 Å². The predicted octanol–water partition coefficient (Wildman–Crippen LogP) is 3.58. The topological polar surface area (TPSA) is 29.1 Å². The summed E-state index contributed by atoms with van der Waals surface area (Å²) in [4.78, 5) is 11.9. The number of amides is 1. The van der Waals surface area contributed by atoms with E-state index in [9.17, 15) is 4.79 Å². The average Bonchev–Trinajstić information content (AvgIpc) is 2.32. The Morgan fingerprint density at radius 1 is 1.33 bits per heavy atom. The Kier molecular flexibility index (Phi) is 4.65. The lowest BCUT2D eigenvalue weighted by atomic mass is 9.87. The van der Waals surface area contributed by atoms with Crippen LogP contribution in [0.4, 0.5) is 0 Å². The molecule has 1 amide bonds. The summed E-state index contributed by atoms with van der Waals surface area (Å²) in [5.41, 5.74) is 1.01. The fourth-order valence-electron chi connectivity index (χ4n) is 2.63. The zero-order valence-corrected chi connectivity index (χ0v) is 11.5. The first-order valence-corrected chi connectivity index (χ1v) is 7.05. The van der Waals surface area contributed by atoms with E-state index in [1.165, 1.54) is 12.8 Å². The maximum absolute atomic E-state index is 11.9. The number of hydrogen-bond acceptors (Lipinski definition) is 1. The normalized spacial score (nSPS) is 23.7. The second kappa shape index (κ2) is 6.24. The molecule has 18 heavy (non-hydrogen) atoms. The number of hydrogen-bond donors (Lipinski definition) is 1. The fraction of sp³-hybridized carbons (Fsp3) is 0.533. The molecular weight excluding hydrogens is 246 g/mol. The summed E-state index contributed by atoms with van der Waals surface area (Å²) in [6.45, 7) is 2.26. The van der Waals surface area contributed by atoms with Gasteiger partial charge in [0.25, 0.3) is 0 Å². The molecule has 0 saturated heterocycles. The molecule has 0 bridgehead atoms. The molecule has 0 aromatic heterocycles. The van der Waals surface area contributed by atoms with Crippen LogP contribution in [0.25, 0.3) is 0 Å². The molecule has 1 aliphatic carbocycles. The second-order valence-electron chi connectivity index (χ2n) is 5.34. The molecule has 0 aliphatic heterocycles. The molecule has 2 nitrogen and oxygen atoms in total. The quantitative estimate of drug-likeness (QED) is 0.889. The third kappa shape index (κ3) is 4.02. The third-order valence-corrected chi connectivity index (χ3v) is 3.83. The maximum atomic E-state index is 11.9. The minimum Gasteiger partial charge on any atom is -0.353 e. The Hall–Kier alpha value is -1.02. The van der Waals surface area contributed by atoms with Gasteiger partial charge < -0.3 is 5.32 Å². The first-order chi connectivity index (χ1) is 8.63. The number of carbonyl (C=O) groups excluding carboxylic acids is 1. The smallest absolute Gasteiger partial charge is 0.224 e. The molecule has 2 unspecified atom stereocenters. The molecule has 1 aromatic rings. The van der Waals surface area contributed by atoms with Crippen LogP contribution in [0.15, 0.2) is 24.3 Å². The maximum Gasteiger partial charge on any atom is 0.224 e. The summed E-state index contributed by atoms with van der Waals surface area (Å²) in [7, 11) is 0. The van der Waals surface area contributed by atoms with Gasteiger partial charge in [0.15, 0.2) is 0 Å². The second-order valence-corrected chi connectivity index (χ2v) is 5.78. The zero-order chi connectivity index (χ0) is 13.0. The molecule has 3 heteroatoms. The van der Waals surface area contributed by atoms with E-state index in [-0.39, 0.29) is 5.91 Å². The molecule has 2 rings (SSSR count). The third-order valence-electron chi connectivity index (χ3n) is 3.58. The van der Waals surface area contributed by atoms with E-state index in [0.717, 1.165) is 24.3 Å². The van der Waals surface area contributed by atoms with Crippen LogP contribution in [0.2, 0.25) is 5.02 Å². The molecule has 98 valence electrons. The van der Waals surface area contributed by atoms with Crippen molar-refractivity contribution in [2.45, 2.75) is 45.1 Å².